The molecule has 2 rings (SSSR count). The van der Waals surface area contributed by atoms with Crippen molar-refractivity contribution in [3.05, 3.63) is 58.6 Å². The molecule has 0 spiro atoms. The van der Waals surface area contributed by atoms with Gasteiger partial charge in [-0.25, -0.2) is 0 Å². The number of methoxy groups -OCH3 is 1. The van der Waals surface area contributed by atoms with E-state index in [1.807, 2.05) is 49.4 Å². The third-order valence-electron chi connectivity index (χ3n) is 2.70. The zero-order valence-electron chi connectivity index (χ0n) is 10.4. The molecular formula is C15H15ClO2. The Kier molecular flexibility index (Phi) is 4.11. The normalized spacial score (nSPS) is 10.2. The number of ether oxygens (including phenoxy) is 2. The third-order valence-corrected chi connectivity index (χ3v) is 2.94. The first-order valence-electron chi connectivity index (χ1n) is 5.71. The van der Waals surface area contributed by atoms with Crippen LogP contribution in [0.5, 0.6) is 11.5 Å². The minimum absolute atomic E-state index is 0.519. The van der Waals surface area contributed by atoms with Gasteiger partial charge in [-0.05, 0) is 42.3 Å². The summed E-state index contributed by atoms with van der Waals surface area (Å²) in [5.74, 6) is 1.66. The molecule has 0 aliphatic heterocycles. The van der Waals surface area contributed by atoms with E-state index in [1.165, 1.54) is 0 Å². The molecule has 2 nitrogen and oxygen atoms in total. The maximum absolute atomic E-state index is 5.94. The molecule has 0 bridgehead atoms. The summed E-state index contributed by atoms with van der Waals surface area (Å²) in [6, 6.07) is 13.5. The third kappa shape index (κ3) is 3.17. The highest BCUT2D eigenvalue weighted by atomic mass is 35.5. The highest BCUT2D eigenvalue weighted by molar-refractivity contribution is 6.30. The van der Waals surface area contributed by atoms with Gasteiger partial charge in [0.15, 0.2) is 0 Å². The van der Waals surface area contributed by atoms with Crippen molar-refractivity contribution in [1.82, 2.24) is 0 Å². The van der Waals surface area contributed by atoms with E-state index in [4.69, 9.17) is 21.1 Å². The van der Waals surface area contributed by atoms with Crippen molar-refractivity contribution in [3.8, 4) is 11.5 Å². The lowest BCUT2D eigenvalue weighted by atomic mass is 10.2. The van der Waals surface area contributed by atoms with Crippen molar-refractivity contribution in [2.75, 3.05) is 7.11 Å². The molecule has 0 fully saturated rings. The van der Waals surface area contributed by atoms with Crippen molar-refractivity contribution in [2.24, 2.45) is 0 Å². The Morgan fingerprint density at radius 3 is 2.44 bits per heavy atom. The topological polar surface area (TPSA) is 18.5 Å². The largest absolute Gasteiger partial charge is 0.497 e. The quantitative estimate of drug-likeness (QED) is 0.821. The molecule has 2 aromatic carbocycles. The van der Waals surface area contributed by atoms with Gasteiger partial charge in [0.25, 0.3) is 0 Å². The summed E-state index contributed by atoms with van der Waals surface area (Å²) < 4.78 is 10.9. The van der Waals surface area contributed by atoms with Gasteiger partial charge in [-0.1, -0.05) is 29.8 Å². The molecule has 0 unspecified atom stereocenters. The summed E-state index contributed by atoms with van der Waals surface area (Å²) >= 11 is 5.94. The predicted octanol–water partition coefficient (Wildman–Crippen LogP) is 4.24. The first-order chi connectivity index (χ1) is 8.69. The number of halogens is 1. The molecule has 0 radical (unpaired) electrons. The van der Waals surface area contributed by atoms with Crippen LogP contribution in [-0.2, 0) is 6.61 Å². The van der Waals surface area contributed by atoms with E-state index in [-0.39, 0.29) is 0 Å². The molecule has 0 aromatic heterocycles. The summed E-state index contributed by atoms with van der Waals surface area (Å²) in [6.07, 6.45) is 0. The van der Waals surface area contributed by atoms with Crippen molar-refractivity contribution in [1.29, 1.82) is 0 Å². The zero-order chi connectivity index (χ0) is 13.0. The fourth-order valence-corrected chi connectivity index (χ4v) is 1.77. The maximum Gasteiger partial charge on any atom is 0.124 e. The second kappa shape index (κ2) is 5.78. The molecule has 0 amide bonds. The van der Waals surface area contributed by atoms with Gasteiger partial charge in [0, 0.05) is 5.02 Å². The van der Waals surface area contributed by atoms with Crippen LogP contribution in [0, 0.1) is 6.92 Å². The van der Waals surface area contributed by atoms with Crippen LogP contribution in [0.25, 0.3) is 0 Å². The number of rotatable bonds is 4. The lowest BCUT2D eigenvalue weighted by Crippen LogP contribution is -1.97. The van der Waals surface area contributed by atoms with Crippen LogP contribution >= 0.6 is 11.6 Å². The fourth-order valence-electron chi connectivity index (χ4n) is 1.61. The number of benzene rings is 2. The fraction of sp³-hybridized carbons (Fsp3) is 0.200. The van der Waals surface area contributed by atoms with Gasteiger partial charge in [-0.15, -0.1) is 0 Å². The predicted molar refractivity (Wildman–Crippen MR) is 73.5 cm³/mol. The van der Waals surface area contributed by atoms with Crippen LogP contribution in [0.1, 0.15) is 11.1 Å². The highest BCUT2D eigenvalue weighted by Crippen LogP contribution is 2.23. The van der Waals surface area contributed by atoms with Crippen LogP contribution in [0.4, 0.5) is 0 Å². The second-order valence-electron chi connectivity index (χ2n) is 4.05. The standard InChI is InChI=1S/C15H15ClO2/c1-11-3-6-13(16)9-15(11)18-10-12-4-7-14(17-2)8-5-12/h3-9H,10H2,1-2H3. The van der Waals surface area contributed by atoms with Gasteiger partial charge in [0.2, 0.25) is 0 Å². The lowest BCUT2D eigenvalue weighted by molar-refractivity contribution is 0.304. The summed E-state index contributed by atoms with van der Waals surface area (Å²) in [6.45, 7) is 2.52. The summed E-state index contributed by atoms with van der Waals surface area (Å²) in [5, 5.41) is 0.685. The minimum Gasteiger partial charge on any atom is -0.497 e. The average Bonchev–Trinajstić information content (AvgIpc) is 2.40. The smallest absolute Gasteiger partial charge is 0.124 e. The molecule has 18 heavy (non-hydrogen) atoms. The molecule has 0 saturated heterocycles. The van der Waals surface area contributed by atoms with Crippen LogP contribution < -0.4 is 9.47 Å². The van der Waals surface area contributed by atoms with E-state index in [0.29, 0.717) is 11.6 Å². The van der Waals surface area contributed by atoms with E-state index < -0.39 is 0 Å². The van der Waals surface area contributed by atoms with Gasteiger partial charge in [0.1, 0.15) is 18.1 Å². The van der Waals surface area contributed by atoms with E-state index in [1.54, 1.807) is 7.11 Å². The van der Waals surface area contributed by atoms with Gasteiger partial charge in [-0.3, -0.25) is 0 Å². The average molecular weight is 263 g/mol. The summed E-state index contributed by atoms with van der Waals surface area (Å²) in [5.41, 5.74) is 2.17. The van der Waals surface area contributed by atoms with E-state index in [2.05, 4.69) is 0 Å². The summed E-state index contributed by atoms with van der Waals surface area (Å²) in [7, 11) is 1.65. The maximum atomic E-state index is 5.94. The van der Waals surface area contributed by atoms with Crippen LogP contribution in [0.15, 0.2) is 42.5 Å². The van der Waals surface area contributed by atoms with Crippen molar-refractivity contribution >= 4 is 11.6 Å². The monoisotopic (exact) mass is 262 g/mol. The van der Waals surface area contributed by atoms with Gasteiger partial charge in [-0.2, -0.15) is 0 Å². The second-order valence-corrected chi connectivity index (χ2v) is 4.48. The molecule has 94 valence electrons. The minimum atomic E-state index is 0.519. The first kappa shape index (κ1) is 12.8. The van der Waals surface area contributed by atoms with Crippen LogP contribution in [0.2, 0.25) is 5.02 Å². The first-order valence-corrected chi connectivity index (χ1v) is 6.09. The molecule has 0 aliphatic carbocycles. The number of hydrogen-bond acceptors (Lipinski definition) is 2. The van der Waals surface area contributed by atoms with Crippen molar-refractivity contribution < 1.29 is 9.47 Å². The van der Waals surface area contributed by atoms with E-state index >= 15 is 0 Å². The molecule has 0 aliphatic rings. The molecule has 0 heterocycles. The SMILES string of the molecule is COc1ccc(COc2cc(Cl)ccc2C)cc1. The molecule has 3 heteroatoms. The Morgan fingerprint density at radius 1 is 1.06 bits per heavy atom. The Balaban J connectivity index is 2.04. The number of aryl methyl sites for hydroxylation is 1. The Morgan fingerprint density at radius 2 is 1.78 bits per heavy atom. The van der Waals surface area contributed by atoms with Crippen LogP contribution in [-0.4, -0.2) is 7.11 Å². The van der Waals surface area contributed by atoms with Crippen molar-refractivity contribution in [2.45, 2.75) is 13.5 Å². The van der Waals surface area contributed by atoms with Gasteiger partial charge >= 0.3 is 0 Å². The lowest BCUT2D eigenvalue weighted by Gasteiger charge is -2.10. The molecule has 0 saturated carbocycles. The van der Waals surface area contributed by atoms with E-state index in [0.717, 1.165) is 22.6 Å². The van der Waals surface area contributed by atoms with E-state index in [9.17, 15) is 0 Å². The Bertz CT molecular complexity index is 521. The van der Waals surface area contributed by atoms with Crippen LogP contribution in [0.3, 0.4) is 0 Å². The van der Waals surface area contributed by atoms with Gasteiger partial charge in [0.05, 0.1) is 7.11 Å². The molecule has 0 atom stereocenters. The van der Waals surface area contributed by atoms with Gasteiger partial charge < -0.3 is 9.47 Å². The number of hydrogen-bond donors (Lipinski definition) is 0. The zero-order valence-corrected chi connectivity index (χ0v) is 11.2. The molecule has 2 aromatic rings. The summed E-state index contributed by atoms with van der Waals surface area (Å²) in [4.78, 5) is 0. The Hall–Kier alpha value is -1.67. The Labute approximate surface area is 112 Å². The molecular weight excluding hydrogens is 248 g/mol. The highest BCUT2D eigenvalue weighted by Gasteiger charge is 2.01. The van der Waals surface area contributed by atoms with Crippen molar-refractivity contribution in [3.63, 3.8) is 0 Å². The molecule has 0 N–H and O–H groups in total.